The zero-order valence-electron chi connectivity index (χ0n) is 12.9. The first-order valence-corrected chi connectivity index (χ1v) is 7.95. The highest BCUT2D eigenvalue weighted by Crippen LogP contribution is 2.27. The molecular weight excluding hydrogens is 302 g/mol. The third kappa shape index (κ3) is 2.10. The zero-order chi connectivity index (χ0) is 15.9. The minimum Gasteiger partial charge on any atom is -0.335 e. The van der Waals surface area contributed by atoms with Gasteiger partial charge >= 0.3 is 0 Å². The third-order valence-corrected chi connectivity index (χ3v) is 4.28. The van der Waals surface area contributed by atoms with Gasteiger partial charge in [-0.1, -0.05) is 6.08 Å². The average Bonchev–Trinajstić information content (AvgIpc) is 3.25. The Labute approximate surface area is 137 Å². The van der Waals surface area contributed by atoms with Crippen molar-refractivity contribution in [3.8, 4) is 11.5 Å². The van der Waals surface area contributed by atoms with E-state index in [0.29, 0.717) is 11.5 Å². The van der Waals surface area contributed by atoms with Crippen LogP contribution in [0, 0.1) is 0 Å². The van der Waals surface area contributed by atoms with Gasteiger partial charge < -0.3 is 10.3 Å². The molecule has 5 rings (SSSR count). The molecule has 7 nitrogen and oxygen atoms in total. The van der Waals surface area contributed by atoms with Gasteiger partial charge in [0.05, 0.1) is 16.7 Å². The number of imidazole rings is 1. The monoisotopic (exact) mass is 317 g/mol. The van der Waals surface area contributed by atoms with E-state index in [-0.39, 0.29) is 0 Å². The second kappa shape index (κ2) is 5.24. The summed E-state index contributed by atoms with van der Waals surface area (Å²) in [5.41, 5.74) is 6.29. The van der Waals surface area contributed by atoms with Crippen molar-refractivity contribution in [1.82, 2.24) is 35.5 Å². The van der Waals surface area contributed by atoms with Gasteiger partial charge in [0.25, 0.3) is 0 Å². The molecule has 5 heterocycles. The number of aromatic nitrogens is 6. The molecule has 118 valence electrons. The fourth-order valence-corrected chi connectivity index (χ4v) is 3.06. The standard InChI is InChI=1S/C17H15N7/c1-2-13-16(19-7-1)22-17(21-13)15-14-12(23-24-15)4-3-11(20-14)10-5-8-18-9-6-10/h1-5,7,18H,6,8-9H2,(H,23,24)(H,19,21,22). The van der Waals surface area contributed by atoms with E-state index in [0.717, 1.165) is 47.4 Å². The van der Waals surface area contributed by atoms with Gasteiger partial charge in [0, 0.05) is 12.7 Å². The fourth-order valence-electron chi connectivity index (χ4n) is 3.06. The number of aromatic amines is 2. The Hall–Kier alpha value is -3.06. The first kappa shape index (κ1) is 13.4. The summed E-state index contributed by atoms with van der Waals surface area (Å²) in [4.78, 5) is 16.9. The van der Waals surface area contributed by atoms with E-state index in [2.05, 4.69) is 36.5 Å². The van der Waals surface area contributed by atoms with E-state index in [1.54, 1.807) is 6.20 Å². The average molecular weight is 317 g/mol. The highest BCUT2D eigenvalue weighted by Gasteiger charge is 2.16. The van der Waals surface area contributed by atoms with Crippen molar-refractivity contribution in [2.75, 3.05) is 13.1 Å². The molecule has 0 radical (unpaired) electrons. The Balaban J connectivity index is 1.66. The van der Waals surface area contributed by atoms with E-state index in [1.165, 1.54) is 5.57 Å². The van der Waals surface area contributed by atoms with Crippen LogP contribution in [-0.2, 0) is 0 Å². The molecule has 4 aromatic heterocycles. The summed E-state index contributed by atoms with van der Waals surface area (Å²) >= 11 is 0. The SMILES string of the molecule is C1=C(c2ccc3[nH]nc(-c4nc5ncccc5[nH]4)c3n2)CCNC1. The first-order chi connectivity index (χ1) is 11.9. The maximum Gasteiger partial charge on any atom is 0.178 e. The van der Waals surface area contributed by atoms with Gasteiger partial charge in [0.1, 0.15) is 5.52 Å². The quantitative estimate of drug-likeness (QED) is 0.527. The lowest BCUT2D eigenvalue weighted by atomic mass is 10.1. The summed E-state index contributed by atoms with van der Waals surface area (Å²) in [7, 11) is 0. The summed E-state index contributed by atoms with van der Waals surface area (Å²) in [6.07, 6.45) is 4.92. The van der Waals surface area contributed by atoms with Crippen LogP contribution in [0.5, 0.6) is 0 Å². The number of hydrogen-bond donors (Lipinski definition) is 3. The largest absolute Gasteiger partial charge is 0.335 e. The number of H-pyrrole nitrogens is 2. The van der Waals surface area contributed by atoms with Crippen molar-refractivity contribution in [2.24, 2.45) is 0 Å². The number of nitrogens with zero attached hydrogens (tertiary/aromatic N) is 4. The van der Waals surface area contributed by atoms with Crippen LogP contribution in [0.2, 0.25) is 0 Å². The van der Waals surface area contributed by atoms with Crippen molar-refractivity contribution < 1.29 is 0 Å². The van der Waals surface area contributed by atoms with E-state index in [1.807, 2.05) is 24.3 Å². The van der Waals surface area contributed by atoms with Gasteiger partial charge in [-0.15, -0.1) is 0 Å². The highest BCUT2D eigenvalue weighted by atomic mass is 15.2. The van der Waals surface area contributed by atoms with Crippen molar-refractivity contribution in [1.29, 1.82) is 0 Å². The molecule has 0 fully saturated rings. The molecule has 3 N–H and O–H groups in total. The molecule has 0 unspecified atom stereocenters. The van der Waals surface area contributed by atoms with Crippen molar-refractivity contribution >= 4 is 27.8 Å². The minimum atomic E-state index is 0.680. The third-order valence-electron chi connectivity index (χ3n) is 4.28. The lowest BCUT2D eigenvalue weighted by Gasteiger charge is -2.13. The molecule has 0 aromatic carbocycles. The van der Waals surface area contributed by atoms with E-state index < -0.39 is 0 Å². The van der Waals surface area contributed by atoms with Crippen molar-refractivity contribution in [2.45, 2.75) is 6.42 Å². The topological polar surface area (TPSA) is 95.2 Å². The highest BCUT2D eigenvalue weighted by molar-refractivity contribution is 5.90. The molecule has 24 heavy (non-hydrogen) atoms. The van der Waals surface area contributed by atoms with Gasteiger partial charge in [-0.05, 0) is 42.8 Å². The Bertz CT molecular complexity index is 1040. The predicted octanol–water partition coefficient (Wildman–Crippen LogP) is 2.27. The molecular formula is C17H15N7. The molecule has 7 heteroatoms. The molecule has 4 aromatic rings. The van der Waals surface area contributed by atoms with Crippen molar-refractivity contribution in [3.63, 3.8) is 0 Å². The Morgan fingerprint density at radius 1 is 1.04 bits per heavy atom. The van der Waals surface area contributed by atoms with Crippen LogP contribution < -0.4 is 5.32 Å². The van der Waals surface area contributed by atoms with Crippen LogP contribution >= 0.6 is 0 Å². The predicted molar refractivity (Wildman–Crippen MR) is 92.2 cm³/mol. The maximum atomic E-state index is 4.84. The fraction of sp³-hybridized carbons (Fsp3) is 0.176. The van der Waals surface area contributed by atoms with Gasteiger partial charge in [0.2, 0.25) is 0 Å². The van der Waals surface area contributed by atoms with Gasteiger partial charge in [-0.3, -0.25) is 5.10 Å². The molecule has 0 atom stereocenters. The normalized spacial score (nSPS) is 15.1. The smallest absolute Gasteiger partial charge is 0.178 e. The minimum absolute atomic E-state index is 0.680. The number of nitrogens with one attached hydrogen (secondary N) is 3. The molecule has 0 saturated carbocycles. The van der Waals surface area contributed by atoms with Crippen LogP contribution in [0.25, 0.3) is 39.3 Å². The lowest BCUT2D eigenvalue weighted by Crippen LogP contribution is -2.20. The van der Waals surface area contributed by atoms with Gasteiger partial charge in [-0.25, -0.2) is 15.0 Å². The Kier molecular flexibility index (Phi) is 2.92. The Morgan fingerprint density at radius 3 is 2.92 bits per heavy atom. The van der Waals surface area contributed by atoms with Gasteiger partial charge in [0.15, 0.2) is 17.2 Å². The maximum absolute atomic E-state index is 4.84. The Morgan fingerprint density at radius 2 is 2.04 bits per heavy atom. The second-order valence-electron chi connectivity index (χ2n) is 5.81. The second-order valence-corrected chi connectivity index (χ2v) is 5.81. The molecule has 1 aliphatic heterocycles. The molecule has 0 aliphatic carbocycles. The van der Waals surface area contributed by atoms with Crippen LogP contribution in [0.3, 0.4) is 0 Å². The van der Waals surface area contributed by atoms with E-state index in [9.17, 15) is 0 Å². The summed E-state index contributed by atoms with van der Waals surface area (Å²) < 4.78 is 0. The van der Waals surface area contributed by atoms with Crippen LogP contribution in [0.1, 0.15) is 12.1 Å². The number of rotatable bonds is 2. The lowest BCUT2D eigenvalue weighted by molar-refractivity contribution is 0.737. The first-order valence-electron chi connectivity index (χ1n) is 7.95. The molecule has 0 spiro atoms. The molecule has 0 bridgehead atoms. The van der Waals surface area contributed by atoms with Crippen LogP contribution in [0.4, 0.5) is 0 Å². The molecule has 0 amide bonds. The molecule has 0 saturated heterocycles. The summed E-state index contributed by atoms with van der Waals surface area (Å²) in [6.45, 7) is 1.88. The number of hydrogen-bond acceptors (Lipinski definition) is 5. The number of fused-ring (bicyclic) bond motifs is 2. The van der Waals surface area contributed by atoms with Crippen LogP contribution in [0.15, 0.2) is 36.5 Å². The molecule has 1 aliphatic rings. The summed E-state index contributed by atoms with van der Waals surface area (Å²) in [6, 6.07) is 7.90. The van der Waals surface area contributed by atoms with Crippen LogP contribution in [-0.4, -0.2) is 43.2 Å². The summed E-state index contributed by atoms with van der Waals surface area (Å²) in [5, 5.41) is 10.8. The van der Waals surface area contributed by atoms with E-state index >= 15 is 0 Å². The van der Waals surface area contributed by atoms with Crippen molar-refractivity contribution in [3.05, 3.63) is 42.2 Å². The van der Waals surface area contributed by atoms with E-state index in [4.69, 9.17) is 4.98 Å². The number of pyridine rings is 2. The summed E-state index contributed by atoms with van der Waals surface area (Å²) in [5.74, 6) is 0.680. The zero-order valence-corrected chi connectivity index (χ0v) is 12.9. The van der Waals surface area contributed by atoms with Gasteiger partial charge in [-0.2, -0.15) is 5.10 Å².